The molecule has 0 spiro atoms. The summed E-state index contributed by atoms with van der Waals surface area (Å²) < 4.78 is 13.5. The fraction of sp³-hybridized carbons (Fsp3) is 0.263. The second kappa shape index (κ2) is 7.73. The third-order valence-electron chi connectivity index (χ3n) is 3.72. The first kappa shape index (κ1) is 17.7. The molecular formula is C19H21FN2O2. The Morgan fingerprint density at radius 3 is 2.46 bits per heavy atom. The molecule has 0 heterocycles. The highest BCUT2D eigenvalue weighted by atomic mass is 19.1. The SMILES string of the molecule is Cc1cccc(C(C)C)c1NC(=O)CNC(=O)c1ccccc1F. The van der Waals surface area contributed by atoms with Gasteiger partial charge in [0, 0.05) is 5.69 Å². The number of rotatable bonds is 5. The molecule has 2 aromatic rings. The monoisotopic (exact) mass is 328 g/mol. The third kappa shape index (κ3) is 4.19. The van der Waals surface area contributed by atoms with E-state index in [9.17, 15) is 14.0 Å². The molecule has 0 saturated heterocycles. The largest absolute Gasteiger partial charge is 0.343 e. The number of anilines is 1. The molecule has 2 aromatic carbocycles. The van der Waals surface area contributed by atoms with E-state index < -0.39 is 11.7 Å². The van der Waals surface area contributed by atoms with E-state index in [1.165, 1.54) is 18.2 Å². The molecule has 0 atom stereocenters. The number of carbonyl (C=O) groups is 2. The Labute approximate surface area is 141 Å². The lowest BCUT2D eigenvalue weighted by molar-refractivity contribution is -0.115. The van der Waals surface area contributed by atoms with Crippen LogP contribution in [0.15, 0.2) is 42.5 Å². The van der Waals surface area contributed by atoms with E-state index in [4.69, 9.17) is 0 Å². The van der Waals surface area contributed by atoms with E-state index in [1.54, 1.807) is 6.07 Å². The van der Waals surface area contributed by atoms with Gasteiger partial charge in [-0.15, -0.1) is 0 Å². The zero-order valence-electron chi connectivity index (χ0n) is 14.0. The van der Waals surface area contributed by atoms with Gasteiger partial charge in [-0.1, -0.05) is 44.2 Å². The van der Waals surface area contributed by atoms with Gasteiger partial charge in [0.1, 0.15) is 5.82 Å². The lowest BCUT2D eigenvalue weighted by Gasteiger charge is -2.16. The lowest BCUT2D eigenvalue weighted by Crippen LogP contribution is -2.33. The summed E-state index contributed by atoms with van der Waals surface area (Å²) in [6.07, 6.45) is 0. The van der Waals surface area contributed by atoms with E-state index in [0.29, 0.717) is 0 Å². The van der Waals surface area contributed by atoms with Crippen LogP contribution >= 0.6 is 0 Å². The molecule has 2 N–H and O–H groups in total. The van der Waals surface area contributed by atoms with E-state index >= 15 is 0 Å². The molecule has 4 nitrogen and oxygen atoms in total. The Morgan fingerprint density at radius 2 is 1.79 bits per heavy atom. The van der Waals surface area contributed by atoms with Crippen molar-refractivity contribution in [1.29, 1.82) is 0 Å². The van der Waals surface area contributed by atoms with Crippen LogP contribution in [0.1, 0.15) is 41.3 Å². The molecule has 0 aliphatic rings. The van der Waals surface area contributed by atoms with E-state index in [1.807, 2.05) is 39.0 Å². The van der Waals surface area contributed by atoms with Crippen molar-refractivity contribution >= 4 is 17.5 Å². The Balaban J connectivity index is 2.02. The van der Waals surface area contributed by atoms with E-state index in [-0.39, 0.29) is 23.9 Å². The minimum absolute atomic E-state index is 0.0796. The van der Waals surface area contributed by atoms with Crippen molar-refractivity contribution in [2.24, 2.45) is 0 Å². The molecule has 2 rings (SSSR count). The van der Waals surface area contributed by atoms with Gasteiger partial charge in [-0.05, 0) is 36.1 Å². The Morgan fingerprint density at radius 1 is 1.08 bits per heavy atom. The van der Waals surface area contributed by atoms with E-state index in [2.05, 4.69) is 10.6 Å². The fourth-order valence-corrected chi connectivity index (χ4v) is 2.43. The van der Waals surface area contributed by atoms with Crippen molar-refractivity contribution in [2.45, 2.75) is 26.7 Å². The summed E-state index contributed by atoms with van der Waals surface area (Å²) in [7, 11) is 0. The molecule has 0 aromatic heterocycles. The number of nitrogens with one attached hydrogen (secondary N) is 2. The molecule has 0 saturated carbocycles. The zero-order chi connectivity index (χ0) is 17.7. The van der Waals surface area contributed by atoms with Crippen LogP contribution in [0.2, 0.25) is 0 Å². The summed E-state index contributed by atoms with van der Waals surface area (Å²) in [5, 5.41) is 5.27. The van der Waals surface area contributed by atoms with Gasteiger partial charge < -0.3 is 10.6 Å². The maximum absolute atomic E-state index is 13.5. The van der Waals surface area contributed by atoms with Crippen LogP contribution in [0, 0.1) is 12.7 Å². The molecule has 2 amide bonds. The average molecular weight is 328 g/mol. The Kier molecular flexibility index (Phi) is 5.68. The summed E-state index contributed by atoms with van der Waals surface area (Å²) in [6, 6.07) is 11.5. The zero-order valence-corrected chi connectivity index (χ0v) is 14.0. The first-order chi connectivity index (χ1) is 11.4. The number of hydrogen-bond donors (Lipinski definition) is 2. The first-order valence-electron chi connectivity index (χ1n) is 7.82. The van der Waals surface area contributed by atoms with Gasteiger partial charge in [0.15, 0.2) is 0 Å². The summed E-state index contributed by atoms with van der Waals surface area (Å²) >= 11 is 0. The normalized spacial score (nSPS) is 10.5. The Bertz CT molecular complexity index is 757. The molecule has 0 radical (unpaired) electrons. The number of halogens is 1. The standard InChI is InChI=1S/C19H21FN2O2/c1-12(2)14-9-6-7-13(3)18(14)22-17(23)11-21-19(24)15-8-4-5-10-16(15)20/h4-10,12H,11H2,1-3H3,(H,21,24)(H,22,23). The van der Waals surface area contributed by atoms with Gasteiger partial charge in [-0.25, -0.2) is 4.39 Å². The van der Waals surface area contributed by atoms with Crippen LogP contribution in [0.5, 0.6) is 0 Å². The minimum Gasteiger partial charge on any atom is -0.343 e. The van der Waals surface area contributed by atoms with Crippen LogP contribution in [0.25, 0.3) is 0 Å². The van der Waals surface area contributed by atoms with Crippen molar-refractivity contribution in [3.05, 3.63) is 65.0 Å². The predicted molar refractivity (Wildman–Crippen MR) is 92.6 cm³/mol. The first-order valence-corrected chi connectivity index (χ1v) is 7.82. The van der Waals surface area contributed by atoms with Crippen molar-refractivity contribution in [2.75, 3.05) is 11.9 Å². The lowest BCUT2D eigenvalue weighted by atomic mass is 9.98. The van der Waals surface area contributed by atoms with Crippen LogP contribution in [-0.4, -0.2) is 18.4 Å². The smallest absolute Gasteiger partial charge is 0.254 e. The van der Waals surface area contributed by atoms with Crippen molar-refractivity contribution in [3.63, 3.8) is 0 Å². The number of carbonyl (C=O) groups excluding carboxylic acids is 2. The van der Waals surface area contributed by atoms with Crippen molar-refractivity contribution in [3.8, 4) is 0 Å². The van der Waals surface area contributed by atoms with Crippen LogP contribution in [-0.2, 0) is 4.79 Å². The molecule has 0 aliphatic heterocycles. The number of aryl methyl sites for hydroxylation is 1. The summed E-state index contributed by atoms with van der Waals surface area (Å²) in [5.74, 6) is -1.32. The summed E-state index contributed by atoms with van der Waals surface area (Å²) in [5.41, 5.74) is 2.67. The average Bonchev–Trinajstić information content (AvgIpc) is 2.54. The van der Waals surface area contributed by atoms with Gasteiger partial charge in [0.2, 0.25) is 5.91 Å². The third-order valence-corrected chi connectivity index (χ3v) is 3.72. The molecule has 5 heteroatoms. The van der Waals surface area contributed by atoms with Crippen LogP contribution in [0.4, 0.5) is 10.1 Å². The van der Waals surface area contributed by atoms with Crippen molar-refractivity contribution < 1.29 is 14.0 Å². The highest BCUT2D eigenvalue weighted by molar-refractivity contribution is 6.00. The number of benzene rings is 2. The highest BCUT2D eigenvalue weighted by Gasteiger charge is 2.14. The maximum Gasteiger partial charge on any atom is 0.254 e. The molecule has 0 fully saturated rings. The summed E-state index contributed by atoms with van der Waals surface area (Å²) in [6.45, 7) is 5.78. The van der Waals surface area contributed by atoms with Gasteiger partial charge >= 0.3 is 0 Å². The number of amides is 2. The predicted octanol–water partition coefficient (Wildman–Crippen LogP) is 3.63. The summed E-state index contributed by atoms with van der Waals surface area (Å²) in [4.78, 5) is 24.1. The molecule has 0 unspecified atom stereocenters. The fourth-order valence-electron chi connectivity index (χ4n) is 2.43. The van der Waals surface area contributed by atoms with Gasteiger partial charge in [-0.2, -0.15) is 0 Å². The molecule has 0 bridgehead atoms. The molecule has 24 heavy (non-hydrogen) atoms. The maximum atomic E-state index is 13.5. The van der Waals surface area contributed by atoms with Crippen LogP contribution in [0.3, 0.4) is 0 Å². The molecular weight excluding hydrogens is 307 g/mol. The van der Waals surface area contributed by atoms with Crippen molar-refractivity contribution in [1.82, 2.24) is 5.32 Å². The molecule has 0 aliphatic carbocycles. The van der Waals surface area contributed by atoms with Crippen LogP contribution < -0.4 is 10.6 Å². The number of para-hydroxylation sites is 1. The second-order valence-electron chi connectivity index (χ2n) is 5.90. The Hall–Kier alpha value is -2.69. The van der Waals surface area contributed by atoms with Gasteiger partial charge in [-0.3, -0.25) is 9.59 Å². The highest BCUT2D eigenvalue weighted by Crippen LogP contribution is 2.27. The quantitative estimate of drug-likeness (QED) is 0.880. The van der Waals surface area contributed by atoms with E-state index in [0.717, 1.165) is 16.8 Å². The van der Waals surface area contributed by atoms with Gasteiger partial charge in [0.25, 0.3) is 5.91 Å². The second-order valence-corrected chi connectivity index (χ2v) is 5.90. The molecule has 126 valence electrons. The minimum atomic E-state index is -0.614. The number of hydrogen-bond acceptors (Lipinski definition) is 2. The van der Waals surface area contributed by atoms with Gasteiger partial charge in [0.05, 0.1) is 12.1 Å². The topological polar surface area (TPSA) is 58.2 Å².